The Bertz CT molecular complexity index is 619. The molecule has 1 N–H and O–H groups in total. The first-order valence-electron chi connectivity index (χ1n) is 6.48. The maximum atomic E-state index is 13.5. The summed E-state index contributed by atoms with van der Waals surface area (Å²) in [5, 5.41) is 2.80. The van der Waals surface area contributed by atoms with Gasteiger partial charge in [0.15, 0.2) is 18.2 Å². The monoisotopic (exact) mass is 351 g/mol. The van der Waals surface area contributed by atoms with E-state index in [0.29, 0.717) is 4.47 Å². The topological polar surface area (TPSA) is 38.3 Å². The largest absolute Gasteiger partial charge is 0.481 e. The number of halogens is 2. The molecule has 3 nitrogen and oxygen atoms in total. The van der Waals surface area contributed by atoms with Gasteiger partial charge >= 0.3 is 0 Å². The van der Waals surface area contributed by atoms with E-state index in [0.717, 1.165) is 5.56 Å². The average molecular weight is 352 g/mol. The first-order valence-corrected chi connectivity index (χ1v) is 7.27. The number of nitrogens with one attached hydrogen (secondary N) is 1. The van der Waals surface area contributed by atoms with E-state index in [-0.39, 0.29) is 24.3 Å². The fourth-order valence-corrected chi connectivity index (χ4v) is 2.18. The van der Waals surface area contributed by atoms with E-state index < -0.39 is 5.82 Å². The maximum Gasteiger partial charge on any atom is 0.258 e. The molecule has 110 valence electrons. The lowest BCUT2D eigenvalue weighted by atomic mass is 10.1. The van der Waals surface area contributed by atoms with Crippen LogP contribution in [0.3, 0.4) is 0 Å². The Kier molecular flexibility index (Phi) is 5.33. The quantitative estimate of drug-likeness (QED) is 0.888. The van der Waals surface area contributed by atoms with Crippen molar-refractivity contribution in [3.63, 3.8) is 0 Å². The lowest BCUT2D eigenvalue weighted by Gasteiger charge is -2.14. The second kappa shape index (κ2) is 7.22. The van der Waals surface area contributed by atoms with Crippen molar-refractivity contribution >= 4 is 21.8 Å². The third-order valence-corrected chi connectivity index (χ3v) is 3.42. The van der Waals surface area contributed by atoms with Crippen molar-refractivity contribution in [1.29, 1.82) is 0 Å². The SMILES string of the molecule is C[C@H](NC(=O)COc1ccc(Br)cc1F)c1ccccc1. The molecule has 21 heavy (non-hydrogen) atoms. The maximum absolute atomic E-state index is 13.5. The molecule has 0 saturated heterocycles. The summed E-state index contributed by atoms with van der Waals surface area (Å²) in [5.41, 5.74) is 1.00. The van der Waals surface area contributed by atoms with Crippen molar-refractivity contribution in [3.8, 4) is 5.75 Å². The van der Waals surface area contributed by atoms with Crippen molar-refractivity contribution in [2.45, 2.75) is 13.0 Å². The molecule has 5 heteroatoms. The van der Waals surface area contributed by atoms with E-state index in [4.69, 9.17) is 4.74 Å². The molecule has 2 aromatic carbocycles. The highest BCUT2D eigenvalue weighted by atomic mass is 79.9. The van der Waals surface area contributed by atoms with E-state index in [1.165, 1.54) is 12.1 Å². The first-order chi connectivity index (χ1) is 10.1. The van der Waals surface area contributed by atoms with Crippen LogP contribution < -0.4 is 10.1 Å². The van der Waals surface area contributed by atoms with Crippen LogP contribution in [0.2, 0.25) is 0 Å². The van der Waals surface area contributed by atoms with Gasteiger partial charge in [-0.2, -0.15) is 0 Å². The summed E-state index contributed by atoms with van der Waals surface area (Å²) in [6.45, 7) is 1.66. The van der Waals surface area contributed by atoms with Gasteiger partial charge < -0.3 is 10.1 Å². The molecule has 0 heterocycles. The van der Waals surface area contributed by atoms with Crippen molar-refractivity contribution < 1.29 is 13.9 Å². The molecular weight excluding hydrogens is 337 g/mol. The van der Waals surface area contributed by atoms with Gasteiger partial charge in [0, 0.05) is 4.47 Å². The van der Waals surface area contributed by atoms with Gasteiger partial charge in [-0.25, -0.2) is 4.39 Å². The van der Waals surface area contributed by atoms with Crippen LogP contribution in [0.1, 0.15) is 18.5 Å². The molecule has 0 aliphatic heterocycles. The van der Waals surface area contributed by atoms with E-state index in [1.54, 1.807) is 6.07 Å². The predicted octanol–water partition coefficient (Wildman–Crippen LogP) is 3.84. The highest BCUT2D eigenvalue weighted by molar-refractivity contribution is 9.10. The van der Waals surface area contributed by atoms with Gasteiger partial charge in [0.25, 0.3) is 5.91 Å². The predicted molar refractivity (Wildman–Crippen MR) is 82.6 cm³/mol. The minimum atomic E-state index is -0.506. The average Bonchev–Trinajstić information content (AvgIpc) is 2.47. The number of ether oxygens (including phenoxy) is 1. The van der Waals surface area contributed by atoms with Crippen LogP contribution in [-0.4, -0.2) is 12.5 Å². The van der Waals surface area contributed by atoms with Crippen LogP contribution in [-0.2, 0) is 4.79 Å². The second-order valence-electron chi connectivity index (χ2n) is 4.56. The van der Waals surface area contributed by atoms with Crippen LogP contribution in [0, 0.1) is 5.82 Å². The van der Waals surface area contributed by atoms with Gasteiger partial charge in [-0.05, 0) is 30.7 Å². The van der Waals surface area contributed by atoms with Crippen LogP contribution in [0.4, 0.5) is 4.39 Å². The Morgan fingerprint density at radius 1 is 1.29 bits per heavy atom. The van der Waals surface area contributed by atoms with Gasteiger partial charge in [0.1, 0.15) is 0 Å². The number of carbonyl (C=O) groups is 1. The Morgan fingerprint density at radius 3 is 2.67 bits per heavy atom. The summed E-state index contributed by atoms with van der Waals surface area (Å²) in [5.74, 6) is -0.748. The van der Waals surface area contributed by atoms with E-state index in [9.17, 15) is 9.18 Å². The van der Waals surface area contributed by atoms with Crippen LogP contribution in [0.25, 0.3) is 0 Å². The van der Waals surface area contributed by atoms with Crippen LogP contribution >= 0.6 is 15.9 Å². The Hall–Kier alpha value is -1.88. The minimum absolute atomic E-state index is 0.0562. The zero-order valence-electron chi connectivity index (χ0n) is 11.5. The zero-order chi connectivity index (χ0) is 15.2. The molecular formula is C16H15BrFNO2. The fraction of sp³-hybridized carbons (Fsp3) is 0.188. The Morgan fingerprint density at radius 2 is 2.00 bits per heavy atom. The summed E-state index contributed by atoms with van der Waals surface area (Å²) in [7, 11) is 0. The van der Waals surface area contributed by atoms with Gasteiger partial charge in [0.05, 0.1) is 6.04 Å². The standard InChI is InChI=1S/C16H15BrFNO2/c1-11(12-5-3-2-4-6-12)19-16(20)10-21-15-8-7-13(17)9-14(15)18/h2-9,11H,10H2,1H3,(H,19,20)/t11-/m0/s1. The lowest BCUT2D eigenvalue weighted by molar-refractivity contribution is -0.123. The molecule has 0 bridgehead atoms. The van der Waals surface area contributed by atoms with Gasteiger partial charge in [-0.15, -0.1) is 0 Å². The molecule has 1 atom stereocenters. The van der Waals surface area contributed by atoms with E-state index >= 15 is 0 Å². The van der Waals surface area contributed by atoms with Crippen LogP contribution in [0.5, 0.6) is 5.75 Å². The van der Waals surface area contributed by atoms with E-state index in [1.807, 2.05) is 37.3 Å². The number of hydrogen-bond donors (Lipinski definition) is 1. The molecule has 1 amide bonds. The van der Waals surface area contributed by atoms with Crippen LogP contribution in [0.15, 0.2) is 53.0 Å². The van der Waals surface area contributed by atoms with Crippen molar-refractivity contribution in [3.05, 3.63) is 64.4 Å². The highest BCUT2D eigenvalue weighted by Crippen LogP contribution is 2.21. The molecule has 0 unspecified atom stereocenters. The third kappa shape index (κ3) is 4.56. The first kappa shape index (κ1) is 15.5. The normalized spacial score (nSPS) is 11.8. The summed E-state index contributed by atoms with van der Waals surface area (Å²) in [4.78, 5) is 11.8. The summed E-state index contributed by atoms with van der Waals surface area (Å²) in [6.07, 6.45) is 0. The Balaban J connectivity index is 1.87. The number of rotatable bonds is 5. The minimum Gasteiger partial charge on any atom is -0.481 e. The molecule has 0 aliphatic carbocycles. The second-order valence-corrected chi connectivity index (χ2v) is 5.48. The molecule has 2 rings (SSSR count). The number of benzene rings is 2. The smallest absolute Gasteiger partial charge is 0.258 e. The van der Waals surface area contributed by atoms with Gasteiger partial charge in [-0.3, -0.25) is 4.79 Å². The molecule has 0 aromatic heterocycles. The molecule has 2 aromatic rings. The highest BCUT2D eigenvalue weighted by Gasteiger charge is 2.11. The van der Waals surface area contributed by atoms with Gasteiger partial charge in [-0.1, -0.05) is 46.3 Å². The molecule has 0 aliphatic rings. The Labute approximate surface area is 131 Å². The summed E-state index contributed by atoms with van der Waals surface area (Å²) >= 11 is 3.16. The third-order valence-electron chi connectivity index (χ3n) is 2.93. The number of carbonyl (C=O) groups excluding carboxylic acids is 1. The summed E-state index contributed by atoms with van der Waals surface area (Å²) < 4.78 is 19.3. The van der Waals surface area contributed by atoms with Crippen molar-refractivity contribution in [1.82, 2.24) is 5.32 Å². The van der Waals surface area contributed by atoms with Crippen molar-refractivity contribution in [2.24, 2.45) is 0 Å². The lowest BCUT2D eigenvalue weighted by Crippen LogP contribution is -2.31. The molecule has 0 radical (unpaired) electrons. The number of amides is 1. The zero-order valence-corrected chi connectivity index (χ0v) is 13.1. The van der Waals surface area contributed by atoms with E-state index in [2.05, 4.69) is 21.2 Å². The molecule has 0 fully saturated rings. The molecule has 0 saturated carbocycles. The summed E-state index contributed by atoms with van der Waals surface area (Å²) in [6, 6.07) is 13.9. The number of hydrogen-bond acceptors (Lipinski definition) is 2. The van der Waals surface area contributed by atoms with Crippen molar-refractivity contribution in [2.75, 3.05) is 6.61 Å². The van der Waals surface area contributed by atoms with Gasteiger partial charge in [0.2, 0.25) is 0 Å². The molecule has 0 spiro atoms. The fourth-order valence-electron chi connectivity index (χ4n) is 1.84.